The van der Waals surface area contributed by atoms with Crippen LogP contribution in [-0.2, 0) is 23.9 Å². The van der Waals surface area contributed by atoms with E-state index in [4.69, 9.17) is 26.2 Å². The third kappa shape index (κ3) is 11.9. The van der Waals surface area contributed by atoms with E-state index >= 15 is 0 Å². The Morgan fingerprint density at radius 2 is 1.54 bits per heavy atom. The molecule has 0 bridgehead atoms. The van der Waals surface area contributed by atoms with Gasteiger partial charge in [-0.15, -0.1) is 0 Å². The number of imidazole rings is 1. The van der Waals surface area contributed by atoms with Crippen LogP contribution < -0.4 is 37.6 Å². The van der Waals surface area contributed by atoms with Crippen LogP contribution in [0.1, 0.15) is 75.1 Å². The van der Waals surface area contributed by atoms with Gasteiger partial charge in [0.15, 0.2) is 5.65 Å². The number of nitrogens with one attached hydrogen (secondary N) is 4. The van der Waals surface area contributed by atoms with Gasteiger partial charge in [0.25, 0.3) is 5.91 Å². The summed E-state index contributed by atoms with van der Waals surface area (Å²) in [7, 11) is 0. The van der Waals surface area contributed by atoms with E-state index in [1.807, 2.05) is 68.4 Å². The molecule has 3 aromatic heterocycles. The van der Waals surface area contributed by atoms with Gasteiger partial charge in [-0.3, -0.25) is 24.0 Å². The van der Waals surface area contributed by atoms with E-state index in [9.17, 15) is 24.0 Å². The van der Waals surface area contributed by atoms with Crippen LogP contribution >= 0.6 is 0 Å². The first-order chi connectivity index (χ1) is 30.3. The number of nitrogens with two attached hydrogens (primary N) is 2. The lowest BCUT2D eigenvalue weighted by molar-refractivity contribution is -0.133. The molecule has 0 aliphatic carbocycles. The monoisotopic (exact) mass is 857 g/mol. The van der Waals surface area contributed by atoms with Crippen molar-refractivity contribution in [1.82, 2.24) is 40.8 Å². The molecule has 5 amide bonds. The average molecular weight is 858 g/mol. The maximum absolute atomic E-state index is 13.2. The standard InChI is InChI=1S/C46H55N11O6/c1-28(2)27-38(55-43(59)29(3)47)46(62)51-30(4)44(60)54-37(41(48)58)11-7-8-21-49-45(61)33-14-12-32(13-15-33)40-36(19-18-34-17-16-31-9-5-6-10-35(31)52-34)53-42-39(20-22-50-57(40)42)56-23-25-63-26-24-56/h5-6,9-10,12-17,20,22,28-30,37-38H,7-8,11,21,23-27,47H2,1-4H3,(H2,48,58)(H,49,61)(H,51,62)(H,54,60)(H,55,59)/t29-,30-,37-,38-/m0/s1. The zero-order chi connectivity index (χ0) is 45.0. The van der Waals surface area contributed by atoms with Crippen molar-refractivity contribution in [3.05, 3.63) is 89.9 Å². The van der Waals surface area contributed by atoms with Crippen molar-refractivity contribution >= 4 is 51.8 Å². The van der Waals surface area contributed by atoms with Gasteiger partial charge in [-0.25, -0.2) is 14.5 Å². The molecule has 0 unspecified atom stereocenters. The van der Waals surface area contributed by atoms with Crippen molar-refractivity contribution in [1.29, 1.82) is 0 Å². The molecule has 1 aliphatic heterocycles. The van der Waals surface area contributed by atoms with Gasteiger partial charge < -0.3 is 42.4 Å². The van der Waals surface area contributed by atoms with Gasteiger partial charge in [0.1, 0.15) is 35.2 Å². The fourth-order valence-corrected chi connectivity index (χ4v) is 7.12. The highest BCUT2D eigenvalue weighted by atomic mass is 16.5. The van der Waals surface area contributed by atoms with E-state index in [1.54, 1.807) is 22.8 Å². The van der Waals surface area contributed by atoms with Crippen LogP contribution in [0.4, 0.5) is 5.69 Å². The molecule has 63 heavy (non-hydrogen) atoms. The fraction of sp³-hybridized carbons (Fsp3) is 0.391. The molecule has 330 valence electrons. The van der Waals surface area contributed by atoms with Crippen molar-refractivity contribution in [2.24, 2.45) is 17.4 Å². The number of carbonyl (C=O) groups excluding carboxylic acids is 5. The number of aromatic nitrogens is 4. The van der Waals surface area contributed by atoms with E-state index in [0.29, 0.717) is 67.3 Å². The number of amides is 5. The van der Waals surface area contributed by atoms with Crippen LogP contribution in [0.25, 0.3) is 27.8 Å². The predicted molar refractivity (Wildman–Crippen MR) is 239 cm³/mol. The zero-order valence-electron chi connectivity index (χ0n) is 36.0. The molecule has 2 aromatic carbocycles. The summed E-state index contributed by atoms with van der Waals surface area (Å²) in [4.78, 5) is 75.5. The largest absolute Gasteiger partial charge is 0.378 e. The number of fused-ring (bicyclic) bond motifs is 2. The van der Waals surface area contributed by atoms with E-state index in [0.717, 1.165) is 35.2 Å². The SMILES string of the molecule is CC(C)C[C@H](NC(=O)[C@H](C)N)C(=O)N[C@@H](C)C(=O)N[C@@H](CCCCNC(=O)c1ccc(-c2c(C#Cc3ccc4ccccc4n3)nc3c(N4CCOCC4)ccnn23)cc1)C(N)=O. The number of hydrogen-bond acceptors (Lipinski definition) is 11. The van der Waals surface area contributed by atoms with Crippen molar-refractivity contribution in [3.8, 4) is 23.1 Å². The normalized spacial score (nSPS) is 14.5. The molecule has 8 N–H and O–H groups in total. The second kappa shape index (κ2) is 21.3. The molecule has 5 aromatic rings. The Morgan fingerprint density at radius 3 is 2.25 bits per heavy atom. The number of rotatable bonds is 17. The van der Waals surface area contributed by atoms with Crippen molar-refractivity contribution < 1.29 is 28.7 Å². The van der Waals surface area contributed by atoms with E-state index in [2.05, 4.69) is 43.1 Å². The zero-order valence-corrected chi connectivity index (χ0v) is 36.0. The van der Waals surface area contributed by atoms with Gasteiger partial charge in [0.2, 0.25) is 23.6 Å². The van der Waals surface area contributed by atoms with Gasteiger partial charge in [-0.1, -0.05) is 50.2 Å². The number of para-hydroxylation sites is 1. The van der Waals surface area contributed by atoms with Gasteiger partial charge in [0.05, 0.1) is 36.7 Å². The summed E-state index contributed by atoms with van der Waals surface area (Å²) in [5.41, 5.74) is 16.7. The molecule has 6 rings (SSSR count). The second-order valence-corrected chi connectivity index (χ2v) is 16.0. The van der Waals surface area contributed by atoms with Gasteiger partial charge >= 0.3 is 0 Å². The molecule has 17 nitrogen and oxygen atoms in total. The summed E-state index contributed by atoms with van der Waals surface area (Å²) < 4.78 is 7.37. The highest BCUT2D eigenvalue weighted by Crippen LogP contribution is 2.30. The highest BCUT2D eigenvalue weighted by molar-refractivity contribution is 5.95. The number of primary amides is 1. The first-order valence-electron chi connectivity index (χ1n) is 21.2. The summed E-state index contributed by atoms with van der Waals surface area (Å²) in [5.74, 6) is 3.87. The summed E-state index contributed by atoms with van der Waals surface area (Å²) in [6.07, 6.45) is 3.25. The number of morpholine rings is 1. The summed E-state index contributed by atoms with van der Waals surface area (Å²) in [6.45, 7) is 9.75. The third-order valence-electron chi connectivity index (χ3n) is 10.5. The molecule has 0 radical (unpaired) electrons. The molecular weight excluding hydrogens is 803 g/mol. The first kappa shape index (κ1) is 45.6. The Labute approximate surface area is 366 Å². The molecule has 1 aliphatic rings. The number of anilines is 1. The van der Waals surface area contributed by atoms with Crippen LogP contribution in [-0.4, -0.2) is 106 Å². The van der Waals surface area contributed by atoms with E-state index in [-0.39, 0.29) is 18.2 Å². The van der Waals surface area contributed by atoms with Gasteiger partial charge in [0, 0.05) is 36.1 Å². The smallest absolute Gasteiger partial charge is 0.251 e. The number of unbranched alkanes of at least 4 members (excludes halogenated alkanes) is 1. The van der Waals surface area contributed by atoms with Crippen molar-refractivity contribution in [2.45, 2.75) is 77.5 Å². The summed E-state index contributed by atoms with van der Waals surface area (Å²) in [5, 5.41) is 16.4. The quantitative estimate of drug-likeness (QED) is 0.0586. The molecule has 4 atom stereocenters. The van der Waals surface area contributed by atoms with Crippen LogP contribution in [0.5, 0.6) is 0 Å². The molecular formula is C46H55N11O6. The van der Waals surface area contributed by atoms with Crippen LogP contribution in [0.2, 0.25) is 0 Å². The lowest BCUT2D eigenvalue weighted by Gasteiger charge is -2.28. The minimum Gasteiger partial charge on any atom is -0.378 e. The van der Waals surface area contributed by atoms with Crippen LogP contribution in [0.15, 0.2) is 72.9 Å². The van der Waals surface area contributed by atoms with E-state index < -0.39 is 47.8 Å². The molecule has 1 saturated heterocycles. The molecule has 0 spiro atoms. The Hall–Kier alpha value is -6.90. The molecule has 17 heteroatoms. The lowest BCUT2D eigenvalue weighted by Crippen LogP contribution is -2.56. The Morgan fingerprint density at radius 1 is 0.810 bits per heavy atom. The predicted octanol–water partition coefficient (Wildman–Crippen LogP) is 2.43. The molecule has 4 heterocycles. The number of pyridine rings is 1. The number of benzene rings is 2. The van der Waals surface area contributed by atoms with Crippen molar-refractivity contribution in [3.63, 3.8) is 0 Å². The minimum atomic E-state index is -1.02. The highest BCUT2D eigenvalue weighted by Gasteiger charge is 2.28. The Kier molecular flexibility index (Phi) is 15.4. The lowest BCUT2D eigenvalue weighted by atomic mass is 10.0. The average Bonchev–Trinajstić information content (AvgIpc) is 3.66. The summed E-state index contributed by atoms with van der Waals surface area (Å²) >= 11 is 0. The minimum absolute atomic E-state index is 0.0742. The number of nitrogens with zero attached hydrogens (tertiary/aromatic N) is 5. The summed E-state index contributed by atoms with van der Waals surface area (Å²) in [6, 6.07) is 17.1. The number of carbonyl (C=O) groups is 5. The Balaban J connectivity index is 1.07. The third-order valence-corrected chi connectivity index (χ3v) is 10.5. The topological polar surface area (TPSA) is 241 Å². The van der Waals surface area contributed by atoms with Gasteiger partial charge in [-0.05, 0) is 87.6 Å². The maximum atomic E-state index is 13.2. The first-order valence-corrected chi connectivity index (χ1v) is 21.2. The van der Waals surface area contributed by atoms with Gasteiger partial charge in [-0.2, -0.15) is 5.10 Å². The molecule has 1 fully saturated rings. The van der Waals surface area contributed by atoms with Crippen LogP contribution in [0, 0.1) is 17.8 Å². The van der Waals surface area contributed by atoms with E-state index in [1.165, 1.54) is 13.8 Å². The Bertz CT molecular complexity index is 2500. The second-order valence-electron chi connectivity index (χ2n) is 16.0. The van der Waals surface area contributed by atoms with Crippen LogP contribution in [0.3, 0.4) is 0 Å². The maximum Gasteiger partial charge on any atom is 0.251 e. The number of hydrogen-bond donors (Lipinski definition) is 6. The fourth-order valence-electron chi connectivity index (χ4n) is 7.12. The number of ether oxygens (including phenoxy) is 1. The van der Waals surface area contributed by atoms with Crippen molar-refractivity contribution in [2.75, 3.05) is 37.7 Å². The molecule has 0 saturated carbocycles.